The first-order valence-corrected chi connectivity index (χ1v) is 13.8. The second kappa shape index (κ2) is 10.2. The monoisotopic (exact) mass is 548 g/mol. The average Bonchev–Trinajstić information content (AvgIpc) is 3.38. The largest absolute Gasteiger partial charge is 0.457 e. The Balaban J connectivity index is 1.55. The third kappa shape index (κ3) is 4.29. The van der Waals surface area contributed by atoms with Crippen LogP contribution in [0.1, 0.15) is 40.5 Å². The van der Waals surface area contributed by atoms with E-state index in [0.717, 1.165) is 5.57 Å². The molecule has 5 aliphatic rings. The molecule has 0 aromatic heterocycles. The molecule has 8 nitrogen and oxygen atoms in total. The maximum Gasteiger partial charge on any atom is 0.335 e. The van der Waals surface area contributed by atoms with Gasteiger partial charge in [0.15, 0.2) is 6.10 Å². The summed E-state index contributed by atoms with van der Waals surface area (Å²) in [6.45, 7) is 7.34. The minimum atomic E-state index is -0.942. The fourth-order valence-electron chi connectivity index (χ4n) is 7.33. The molecule has 12 atom stereocenters. The van der Waals surface area contributed by atoms with Crippen LogP contribution in [-0.2, 0) is 28.5 Å². The van der Waals surface area contributed by atoms with Crippen LogP contribution in [0.15, 0.2) is 46.6 Å². The first kappa shape index (κ1) is 27.6. The Morgan fingerprint density at radius 1 is 1.26 bits per heavy atom. The fourth-order valence-corrected chi connectivity index (χ4v) is 7.54. The van der Waals surface area contributed by atoms with Crippen molar-refractivity contribution < 1.29 is 38.7 Å². The zero-order valence-electron chi connectivity index (χ0n) is 22.4. The van der Waals surface area contributed by atoms with Crippen LogP contribution < -0.4 is 0 Å². The molecule has 208 valence electrons. The molecule has 0 amide bonds. The highest BCUT2D eigenvalue weighted by Gasteiger charge is 2.69. The minimum absolute atomic E-state index is 0.184. The molecule has 1 saturated heterocycles. The van der Waals surface area contributed by atoms with Crippen molar-refractivity contribution in [2.75, 3.05) is 7.11 Å². The number of ether oxygens (including phenoxy) is 4. The number of hydrogen-bond donors (Lipinski definition) is 2. The van der Waals surface area contributed by atoms with E-state index in [1.807, 2.05) is 39.0 Å². The molecule has 0 radical (unpaired) electrons. The lowest BCUT2D eigenvalue weighted by Crippen LogP contribution is -2.57. The zero-order chi connectivity index (χ0) is 27.5. The Labute approximate surface area is 228 Å². The summed E-state index contributed by atoms with van der Waals surface area (Å²) in [5.41, 5.74) is 0.422. The molecule has 0 aromatic rings. The number of halogens is 1. The third-order valence-electron chi connectivity index (χ3n) is 9.21. The SMILES string of the molecule is CO[C@H]1C[C@H]2C=C[C@H]3[C@H]4O[C@]2(/C(C)=C/[C@@H](C)[C@@H]([C@@H](C)O)OC1=O)[C@@H]3[C@H](O)[C@@H](C)[C@H]4OC(=O)C1=CC=C(Cl)C1. The molecule has 4 bridgehead atoms. The van der Waals surface area contributed by atoms with Crippen molar-refractivity contribution >= 4 is 23.5 Å². The highest BCUT2D eigenvalue weighted by molar-refractivity contribution is 6.30. The quantitative estimate of drug-likeness (QED) is 0.407. The van der Waals surface area contributed by atoms with E-state index in [4.69, 9.17) is 30.5 Å². The van der Waals surface area contributed by atoms with Gasteiger partial charge in [-0.1, -0.05) is 49.8 Å². The average molecular weight is 549 g/mol. The van der Waals surface area contributed by atoms with Gasteiger partial charge in [0.1, 0.15) is 23.9 Å². The molecule has 2 fully saturated rings. The summed E-state index contributed by atoms with van der Waals surface area (Å²) < 4.78 is 24.2. The van der Waals surface area contributed by atoms with Gasteiger partial charge in [0.05, 0.1) is 12.2 Å². The molecular weight excluding hydrogens is 512 g/mol. The summed E-state index contributed by atoms with van der Waals surface area (Å²) in [6, 6.07) is 0. The summed E-state index contributed by atoms with van der Waals surface area (Å²) in [4.78, 5) is 26.1. The van der Waals surface area contributed by atoms with E-state index in [-0.39, 0.29) is 36.0 Å². The number of carbonyl (C=O) groups is 2. The van der Waals surface area contributed by atoms with Crippen LogP contribution in [0.5, 0.6) is 0 Å². The lowest BCUT2D eigenvalue weighted by atomic mass is 9.57. The van der Waals surface area contributed by atoms with Crippen molar-refractivity contribution in [2.45, 2.75) is 82.8 Å². The Morgan fingerprint density at radius 2 is 2.00 bits per heavy atom. The van der Waals surface area contributed by atoms with Gasteiger partial charge in [0.2, 0.25) is 0 Å². The number of aliphatic hydroxyl groups excluding tert-OH is 2. The summed E-state index contributed by atoms with van der Waals surface area (Å²) in [7, 11) is 1.46. The molecule has 0 aromatic carbocycles. The summed E-state index contributed by atoms with van der Waals surface area (Å²) in [5, 5.41) is 22.7. The molecular formula is C29H37ClO8. The highest BCUT2D eigenvalue weighted by Crippen LogP contribution is 2.61. The van der Waals surface area contributed by atoms with Gasteiger partial charge in [-0.25, -0.2) is 9.59 Å². The molecule has 2 heterocycles. The number of cyclic esters (lactones) is 1. The van der Waals surface area contributed by atoms with Crippen molar-refractivity contribution in [3.05, 3.63) is 46.6 Å². The van der Waals surface area contributed by atoms with Crippen LogP contribution in [0.4, 0.5) is 0 Å². The standard InChI is InChI=1S/C29H37ClO8/c1-13-10-14(2)29-18(12-21(35-5)28(34)36-24(13)16(4)31)7-9-20-22(29)23(32)15(3)25(26(20)38-29)37-27(33)17-6-8-19(30)11-17/h6-10,13,15-16,18,20-26,31-32H,11-12H2,1-5H3/b14-10+/t13-,15-,16-,18-,20-,21+,22+,23-,24+,25-,26-,29+/m1/s1. The van der Waals surface area contributed by atoms with Crippen LogP contribution in [0, 0.1) is 29.6 Å². The number of hydrogen-bond acceptors (Lipinski definition) is 8. The zero-order valence-corrected chi connectivity index (χ0v) is 23.1. The Morgan fingerprint density at radius 3 is 2.63 bits per heavy atom. The third-order valence-corrected chi connectivity index (χ3v) is 9.47. The van der Waals surface area contributed by atoms with E-state index in [2.05, 4.69) is 0 Å². The summed E-state index contributed by atoms with van der Waals surface area (Å²) >= 11 is 6.06. The van der Waals surface area contributed by atoms with E-state index < -0.39 is 54.2 Å². The molecule has 3 aliphatic carbocycles. The molecule has 2 N–H and O–H groups in total. The Hall–Kier alpha value is -1.97. The lowest BCUT2D eigenvalue weighted by Gasteiger charge is -2.48. The molecule has 5 rings (SSSR count). The van der Waals surface area contributed by atoms with E-state index in [9.17, 15) is 19.8 Å². The van der Waals surface area contributed by atoms with E-state index in [1.165, 1.54) is 7.11 Å². The van der Waals surface area contributed by atoms with Gasteiger partial charge in [0, 0.05) is 53.7 Å². The second-order valence-corrected chi connectivity index (χ2v) is 12.0. The van der Waals surface area contributed by atoms with Crippen LogP contribution in [-0.4, -0.2) is 71.5 Å². The number of allylic oxidation sites excluding steroid dienone is 3. The van der Waals surface area contributed by atoms with Crippen molar-refractivity contribution in [1.82, 2.24) is 0 Å². The molecule has 9 heteroatoms. The van der Waals surface area contributed by atoms with Crippen molar-refractivity contribution in [3.63, 3.8) is 0 Å². The predicted octanol–water partition coefficient (Wildman–Crippen LogP) is 3.21. The van der Waals surface area contributed by atoms with E-state index in [1.54, 1.807) is 19.1 Å². The number of esters is 2. The van der Waals surface area contributed by atoms with Gasteiger partial charge >= 0.3 is 11.9 Å². The maximum atomic E-state index is 13.1. The molecule has 38 heavy (non-hydrogen) atoms. The number of rotatable bonds is 4. The first-order chi connectivity index (χ1) is 18.0. The fraction of sp³-hybridized carbons (Fsp3) is 0.655. The van der Waals surface area contributed by atoms with Gasteiger partial charge in [-0.15, -0.1) is 0 Å². The highest BCUT2D eigenvalue weighted by atomic mass is 35.5. The lowest BCUT2D eigenvalue weighted by molar-refractivity contribution is -0.173. The predicted molar refractivity (Wildman–Crippen MR) is 139 cm³/mol. The topological polar surface area (TPSA) is 112 Å². The van der Waals surface area contributed by atoms with Gasteiger partial charge in [-0.05, 0) is 31.9 Å². The first-order valence-electron chi connectivity index (χ1n) is 13.4. The van der Waals surface area contributed by atoms with Crippen molar-refractivity contribution in [2.24, 2.45) is 29.6 Å². The number of aliphatic hydroxyl groups is 2. The van der Waals surface area contributed by atoms with Crippen LogP contribution >= 0.6 is 11.6 Å². The van der Waals surface area contributed by atoms with Crippen LogP contribution in [0.25, 0.3) is 0 Å². The Kier molecular flexibility index (Phi) is 7.41. The molecule has 1 saturated carbocycles. The molecule has 2 aliphatic heterocycles. The molecule has 1 spiro atoms. The second-order valence-electron chi connectivity index (χ2n) is 11.5. The summed E-state index contributed by atoms with van der Waals surface area (Å²) in [6.07, 6.45) is 5.50. The smallest absolute Gasteiger partial charge is 0.335 e. The number of carbonyl (C=O) groups excluding carboxylic acids is 2. The van der Waals surface area contributed by atoms with E-state index >= 15 is 0 Å². The normalized spacial score (nSPS) is 46.2. The van der Waals surface area contributed by atoms with Gasteiger partial charge in [-0.2, -0.15) is 0 Å². The van der Waals surface area contributed by atoms with Crippen LogP contribution in [0.3, 0.4) is 0 Å². The van der Waals surface area contributed by atoms with Gasteiger partial charge in [0.25, 0.3) is 0 Å². The van der Waals surface area contributed by atoms with Gasteiger partial charge < -0.3 is 29.2 Å². The summed E-state index contributed by atoms with van der Waals surface area (Å²) in [5.74, 6) is -2.50. The Bertz CT molecular complexity index is 1110. The molecule has 0 unspecified atom stereocenters. The van der Waals surface area contributed by atoms with Crippen molar-refractivity contribution in [1.29, 1.82) is 0 Å². The maximum absolute atomic E-state index is 13.1. The van der Waals surface area contributed by atoms with E-state index in [0.29, 0.717) is 17.0 Å². The minimum Gasteiger partial charge on any atom is -0.457 e. The number of methoxy groups -OCH3 is 1. The van der Waals surface area contributed by atoms with Gasteiger partial charge in [-0.3, -0.25) is 0 Å². The van der Waals surface area contributed by atoms with Crippen molar-refractivity contribution in [3.8, 4) is 0 Å². The van der Waals surface area contributed by atoms with Crippen LogP contribution in [0.2, 0.25) is 0 Å².